The van der Waals surface area contributed by atoms with Gasteiger partial charge in [-0.2, -0.15) is 5.10 Å². The lowest BCUT2D eigenvalue weighted by Crippen LogP contribution is -2.31. The summed E-state index contributed by atoms with van der Waals surface area (Å²) in [5.74, 6) is -0.0340. The number of hydrogen-bond donors (Lipinski definition) is 2. The van der Waals surface area contributed by atoms with E-state index in [4.69, 9.17) is 5.73 Å². The maximum atomic E-state index is 11.7. The Labute approximate surface area is 125 Å². The van der Waals surface area contributed by atoms with Gasteiger partial charge in [-0.3, -0.25) is 9.48 Å². The molecule has 0 spiro atoms. The van der Waals surface area contributed by atoms with Gasteiger partial charge < -0.3 is 11.1 Å². The molecule has 1 heterocycles. The number of amides is 1. The quantitative estimate of drug-likeness (QED) is 0.851. The minimum Gasteiger partial charge on any atom is -0.349 e. The second kappa shape index (κ2) is 7.04. The van der Waals surface area contributed by atoms with E-state index in [2.05, 4.69) is 22.5 Å². The summed E-state index contributed by atoms with van der Waals surface area (Å²) < 4.78 is 1.87. The van der Waals surface area contributed by atoms with Gasteiger partial charge in [0.15, 0.2) is 0 Å². The average molecular weight is 286 g/mol. The summed E-state index contributed by atoms with van der Waals surface area (Å²) in [5, 5.41) is 7.27. The normalized spacial score (nSPS) is 13.7. The van der Waals surface area contributed by atoms with Crippen LogP contribution in [-0.4, -0.2) is 21.7 Å². The minimum absolute atomic E-state index is 0.0340. The predicted molar refractivity (Wildman–Crippen MR) is 82.6 cm³/mol. The number of aromatic nitrogens is 2. The lowest BCUT2D eigenvalue weighted by atomic mass is 10.1. The SMILES string of the molecule is CC(N)CC(=O)NC(C)c1cnn(Cc2ccccc2)c1. The molecule has 2 unspecified atom stereocenters. The molecule has 0 saturated heterocycles. The molecule has 5 heteroatoms. The summed E-state index contributed by atoms with van der Waals surface area (Å²) >= 11 is 0. The molecule has 0 aliphatic heterocycles. The number of nitrogens with zero attached hydrogens (tertiary/aromatic N) is 2. The van der Waals surface area contributed by atoms with Crippen molar-refractivity contribution in [2.45, 2.75) is 38.9 Å². The van der Waals surface area contributed by atoms with Crippen LogP contribution in [0.3, 0.4) is 0 Å². The van der Waals surface area contributed by atoms with Crippen LogP contribution < -0.4 is 11.1 Å². The van der Waals surface area contributed by atoms with E-state index in [-0.39, 0.29) is 18.0 Å². The zero-order valence-electron chi connectivity index (χ0n) is 12.5. The van der Waals surface area contributed by atoms with Gasteiger partial charge in [0.1, 0.15) is 0 Å². The Balaban J connectivity index is 1.94. The maximum absolute atomic E-state index is 11.7. The monoisotopic (exact) mass is 286 g/mol. The Bertz CT molecular complexity index is 577. The van der Waals surface area contributed by atoms with Crippen LogP contribution in [0.1, 0.15) is 37.4 Å². The van der Waals surface area contributed by atoms with Crippen molar-refractivity contribution in [3.05, 3.63) is 53.9 Å². The summed E-state index contributed by atoms with van der Waals surface area (Å²) in [6.45, 7) is 4.49. The van der Waals surface area contributed by atoms with Crippen LogP contribution in [0.2, 0.25) is 0 Å². The van der Waals surface area contributed by atoms with Crippen LogP contribution in [0.15, 0.2) is 42.7 Å². The van der Waals surface area contributed by atoms with Crippen molar-refractivity contribution in [2.75, 3.05) is 0 Å². The standard InChI is InChI=1S/C16H22N4O/c1-12(17)8-16(21)19-13(2)15-9-18-20(11-15)10-14-6-4-3-5-7-14/h3-7,9,11-13H,8,10,17H2,1-2H3,(H,19,21). The molecule has 1 amide bonds. The summed E-state index contributed by atoms with van der Waals surface area (Å²) in [6, 6.07) is 9.95. The van der Waals surface area contributed by atoms with E-state index in [1.807, 2.05) is 42.9 Å². The Kier molecular flexibility index (Phi) is 5.11. The van der Waals surface area contributed by atoms with Gasteiger partial charge in [0, 0.05) is 24.2 Å². The van der Waals surface area contributed by atoms with E-state index in [0.717, 1.165) is 12.1 Å². The second-order valence-electron chi connectivity index (χ2n) is 5.43. The van der Waals surface area contributed by atoms with Crippen LogP contribution in [-0.2, 0) is 11.3 Å². The molecular formula is C16H22N4O. The first-order valence-electron chi connectivity index (χ1n) is 7.16. The minimum atomic E-state index is -0.127. The Hall–Kier alpha value is -2.14. The summed E-state index contributed by atoms with van der Waals surface area (Å²) in [4.78, 5) is 11.7. The molecule has 2 atom stereocenters. The topological polar surface area (TPSA) is 72.9 Å². The van der Waals surface area contributed by atoms with E-state index >= 15 is 0 Å². The molecule has 2 rings (SSSR count). The van der Waals surface area contributed by atoms with E-state index in [1.165, 1.54) is 5.56 Å². The predicted octanol–water partition coefficient (Wildman–Crippen LogP) is 1.85. The van der Waals surface area contributed by atoms with E-state index < -0.39 is 0 Å². The molecule has 1 aromatic carbocycles. The lowest BCUT2D eigenvalue weighted by Gasteiger charge is -2.13. The van der Waals surface area contributed by atoms with Crippen LogP contribution in [0.5, 0.6) is 0 Å². The summed E-state index contributed by atoms with van der Waals surface area (Å²) in [6.07, 6.45) is 4.09. The fourth-order valence-electron chi connectivity index (χ4n) is 2.14. The third-order valence-electron chi connectivity index (χ3n) is 3.23. The molecule has 0 fully saturated rings. The van der Waals surface area contributed by atoms with Crippen molar-refractivity contribution in [3.63, 3.8) is 0 Å². The van der Waals surface area contributed by atoms with Gasteiger partial charge in [-0.15, -0.1) is 0 Å². The number of nitrogens with one attached hydrogen (secondary N) is 1. The van der Waals surface area contributed by atoms with Crippen molar-refractivity contribution < 1.29 is 4.79 Å². The van der Waals surface area contributed by atoms with Gasteiger partial charge in [-0.05, 0) is 19.4 Å². The summed E-state index contributed by atoms with van der Waals surface area (Å²) in [5.41, 5.74) is 7.81. The first-order valence-corrected chi connectivity index (χ1v) is 7.16. The Morgan fingerprint density at radius 1 is 1.33 bits per heavy atom. The zero-order valence-corrected chi connectivity index (χ0v) is 12.5. The highest BCUT2D eigenvalue weighted by Gasteiger charge is 2.12. The van der Waals surface area contributed by atoms with Crippen molar-refractivity contribution in [2.24, 2.45) is 5.73 Å². The largest absolute Gasteiger partial charge is 0.349 e. The van der Waals surface area contributed by atoms with Gasteiger partial charge in [-0.25, -0.2) is 0 Å². The van der Waals surface area contributed by atoms with Crippen molar-refractivity contribution in [1.29, 1.82) is 0 Å². The number of hydrogen-bond acceptors (Lipinski definition) is 3. The summed E-state index contributed by atoms with van der Waals surface area (Å²) in [7, 11) is 0. The molecule has 112 valence electrons. The first-order chi connectivity index (χ1) is 10.0. The van der Waals surface area contributed by atoms with Crippen LogP contribution in [0.25, 0.3) is 0 Å². The highest BCUT2D eigenvalue weighted by molar-refractivity contribution is 5.76. The van der Waals surface area contributed by atoms with Crippen LogP contribution >= 0.6 is 0 Å². The zero-order chi connectivity index (χ0) is 15.2. The third-order valence-corrected chi connectivity index (χ3v) is 3.23. The highest BCUT2D eigenvalue weighted by atomic mass is 16.1. The van der Waals surface area contributed by atoms with Gasteiger partial charge in [0.05, 0.1) is 18.8 Å². The smallest absolute Gasteiger partial charge is 0.222 e. The van der Waals surface area contributed by atoms with E-state index in [9.17, 15) is 4.79 Å². The second-order valence-corrected chi connectivity index (χ2v) is 5.43. The molecule has 0 saturated carbocycles. The van der Waals surface area contributed by atoms with Crippen molar-refractivity contribution in [3.8, 4) is 0 Å². The van der Waals surface area contributed by atoms with Crippen LogP contribution in [0.4, 0.5) is 0 Å². The van der Waals surface area contributed by atoms with Crippen molar-refractivity contribution >= 4 is 5.91 Å². The molecule has 3 N–H and O–H groups in total. The molecule has 0 bridgehead atoms. The van der Waals surface area contributed by atoms with Gasteiger partial charge in [0.25, 0.3) is 0 Å². The number of benzene rings is 1. The molecule has 2 aromatic rings. The number of rotatable bonds is 6. The maximum Gasteiger partial charge on any atom is 0.222 e. The number of carbonyl (C=O) groups excluding carboxylic acids is 1. The fraction of sp³-hybridized carbons (Fsp3) is 0.375. The van der Waals surface area contributed by atoms with E-state index in [0.29, 0.717) is 6.42 Å². The highest BCUT2D eigenvalue weighted by Crippen LogP contribution is 2.12. The van der Waals surface area contributed by atoms with Gasteiger partial charge in [-0.1, -0.05) is 30.3 Å². The Morgan fingerprint density at radius 3 is 2.71 bits per heavy atom. The average Bonchev–Trinajstić information content (AvgIpc) is 2.87. The molecular weight excluding hydrogens is 264 g/mol. The van der Waals surface area contributed by atoms with Crippen molar-refractivity contribution in [1.82, 2.24) is 15.1 Å². The number of carbonyl (C=O) groups is 1. The molecule has 1 aromatic heterocycles. The molecule has 0 radical (unpaired) electrons. The fourth-order valence-corrected chi connectivity index (χ4v) is 2.14. The third kappa shape index (κ3) is 4.72. The van der Waals surface area contributed by atoms with Gasteiger partial charge >= 0.3 is 0 Å². The first kappa shape index (κ1) is 15.3. The molecule has 5 nitrogen and oxygen atoms in total. The molecule has 0 aliphatic carbocycles. The number of nitrogens with two attached hydrogens (primary N) is 1. The molecule has 0 aliphatic rings. The van der Waals surface area contributed by atoms with E-state index in [1.54, 1.807) is 6.20 Å². The van der Waals surface area contributed by atoms with Crippen LogP contribution in [0, 0.1) is 0 Å². The lowest BCUT2D eigenvalue weighted by molar-refractivity contribution is -0.122. The molecule has 21 heavy (non-hydrogen) atoms. The Morgan fingerprint density at radius 2 is 2.05 bits per heavy atom. The van der Waals surface area contributed by atoms with Gasteiger partial charge in [0.2, 0.25) is 5.91 Å².